The Morgan fingerprint density at radius 2 is 1.71 bits per heavy atom. The van der Waals surface area contributed by atoms with Gasteiger partial charge >= 0.3 is 23.9 Å². The summed E-state index contributed by atoms with van der Waals surface area (Å²) in [4.78, 5) is 124. The molecule has 4 bridgehead atoms. The molecule has 3 aliphatic rings. The third-order valence-electron chi connectivity index (χ3n) is 17.2. The maximum Gasteiger partial charge on any atom is 0.328 e. The van der Waals surface area contributed by atoms with Crippen LogP contribution in [-0.4, -0.2) is 155 Å². The van der Waals surface area contributed by atoms with Gasteiger partial charge in [-0.05, 0) is 121 Å². The van der Waals surface area contributed by atoms with Gasteiger partial charge < -0.3 is 55.0 Å². The number of aliphatic hydroxyl groups is 1. The van der Waals surface area contributed by atoms with Gasteiger partial charge in [0, 0.05) is 75.9 Å². The number of primary amides is 1. The highest BCUT2D eigenvalue weighted by molar-refractivity contribution is 9.09. The number of benzene rings is 2. The number of amides is 5. The van der Waals surface area contributed by atoms with Gasteiger partial charge in [0.15, 0.2) is 5.78 Å². The Bertz CT molecular complexity index is 3000. The monoisotopic (exact) mass is 1390 g/mol. The Morgan fingerprint density at radius 3 is 2.34 bits per heavy atom. The van der Waals surface area contributed by atoms with Gasteiger partial charge in [0.25, 0.3) is 5.91 Å². The lowest BCUT2D eigenvalue weighted by Crippen LogP contribution is -2.53. The van der Waals surface area contributed by atoms with Crippen molar-refractivity contribution in [2.75, 3.05) is 43.3 Å². The minimum absolute atomic E-state index is 0.0310. The summed E-state index contributed by atoms with van der Waals surface area (Å²) < 4.78 is 46.0. The molecule has 3 aliphatic heterocycles. The highest BCUT2D eigenvalue weighted by atomic mass is 79.9. The van der Waals surface area contributed by atoms with E-state index in [9.17, 15) is 48.3 Å². The van der Waals surface area contributed by atoms with E-state index in [-0.39, 0.29) is 80.6 Å². The van der Waals surface area contributed by atoms with E-state index >= 15 is 4.39 Å². The van der Waals surface area contributed by atoms with Crippen molar-refractivity contribution < 1.29 is 76.3 Å². The standard InChI is InChI=1S/C65H89Br2ClFN5O15/c1-36(2)46(30-44(75)18-13-14-23-63(7,8)89-61(82)43(34-66)35-67)58(79)72-48(19-16-24-71-62(70)83)50(76)29-41-21-22-45(47(69)27-41)59(80)73(10)40(6)60(81)87-53-31-54(77)74(11)49-28-42(26-38(4)56(49)68)25-37(3)17-15-20-52(85-12)65(84)32-51(86-55(78)33-65)39(5)57-64(53,9)88-57/h15,17,20-22,26-28,36,39-40,43,46,48,51-53,57,84H,13-14,16,18-19,23-25,29-35H2,1-12H3,(H,72,79)(H3,70,71,83)/b20-15+,37-17+/t39-,40+,46+,48+,51+,52-,53+,57+,64+,65-/m1/s1. The molecule has 2 saturated heterocycles. The van der Waals surface area contributed by atoms with Crippen molar-refractivity contribution in [1.29, 1.82) is 0 Å². The molecule has 2 aromatic carbocycles. The first-order chi connectivity index (χ1) is 41.7. The lowest BCUT2D eigenvalue weighted by molar-refractivity contribution is -0.187. The number of ketones is 2. The molecule has 2 aromatic rings. The number of carbonyl (C=O) groups is 9. The van der Waals surface area contributed by atoms with E-state index in [1.54, 1.807) is 53.0 Å². The smallest absolute Gasteiger partial charge is 0.328 e. The average Bonchev–Trinajstić information content (AvgIpc) is 1.66. The number of unbranched alkanes of at least 4 members (excludes halogenated alkanes) is 1. The van der Waals surface area contributed by atoms with Gasteiger partial charge in [-0.1, -0.05) is 100 Å². The number of esters is 3. The van der Waals surface area contributed by atoms with E-state index in [0.717, 1.165) is 22.1 Å². The summed E-state index contributed by atoms with van der Waals surface area (Å²) in [5.74, 6) is -7.68. The summed E-state index contributed by atoms with van der Waals surface area (Å²) in [6.45, 7) is 15.8. The number of allylic oxidation sites excluding steroid dienone is 3. The van der Waals surface area contributed by atoms with Crippen LogP contribution in [0.25, 0.3) is 0 Å². The topological polar surface area (TPSA) is 280 Å². The minimum atomic E-state index is -1.67. The van der Waals surface area contributed by atoms with Crippen LogP contribution in [0.5, 0.6) is 0 Å². The van der Waals surface area contributed by atoms with Gasteiger partial charge in [-0.15, -0.1) is 0 Å². The number of epoxide rings is 1. The number of hydrogen-bond acceptors (Lipinski definition) is 15. The van der Waals surface area contributed by atoms with Crippen LogP contribution in [0.2, 0.25) is 5.02 Å². The van der Waals surface area contributed by atoms with Crippen molar-refractivity contribution in [1.82, 2.24) is 15.5 Å². The average molecular weight is 1390 g/mol. The fourth-order valence-electron chi connectivity index (χ4n) is 11.4. The Hall–Kier alpha value is -5.59. The summed E-state index contributed by atoms with van der Waals surface area (Å²) in [7, 11) is 4.27. The van der Waals surface area contributed by atoms with E-state index < -0.39 is 124 Å². The molecular formula is C65H89Br2ClFN5O15. The minimum Gasteiger partial charge on any atom is -0.462 e. The second kappa shape index (κ2) is 32.6. The second-order valence-electron chi connectivity index (χ2n) is 25.2. The molecule has 0 spiro atoms. The molecule has 0 aromatic heterocycles. The first-order valence-corrected chi connectivity index (χ1v) is 32.8. The van der Waals surface area contributed by atoms with Crippen molar-refractivity contribution in [3.05, 3.63) is 87.2 Å². The summed E-state index contributed by atoms with van der Waals surface area (Å²) in [5, 5.41) is 18.5. The Morgan fingerprint density at radius 1 is 1.02 bits per heavy atom. The molecule has 0 unspecified atom stereocenters. The van der Waals surface area contributed by atoms with Crippen molar-refractivity contribution in [3.63, 3.8) is 0 Å². The number of likely N-dealkylation sites (N-methyl/N-ethyl adjacent to an activating group) is 1. The zero-order valence-corrected chi connectivity index (χ0v) is 57.1. The number of alkyl halides is 2. The number of fused-ring (bicyclic) bond motifs is 5. The molecule has 10 atom stereocenters. The predicted molar refractivity (Wildman–Crippen MR) is 341 cm³/mol. The van der Waals surface area contributed by atoms with Crippen LogP contribution in [0.1, 0.15) is 147 Å². The molecule has 20 nitrogen and oxygen atoms in total. The molecule has 0 aliphatic carbocycles. The molecule has 89 heavy (non-hydrogen) atoms. The number of carbonyl (C=O) groups excluding carboxylic acids is 9. The molecule has 0 radical (unpaired) electrons. The lowest BCUT2D eigenvalue weighted by atomic mass is 9.78. The van der Waals surface area contributed by atoms with E-state index in [1.807, 2.05) is 39.8 Å². The van der Waals surface area contributed by atoms with Crippen LogP contribution in [0.15, 0.2) is 54.1 Å². The predicted octanol–water partition coefficient (Wildman–Crippen LogP) is 9.08. The first-order valence-electron chi connectivity index (χ1n) is 30.2. The van der Waals surface area contributed by atoms with Gasteiger partial charge in [-0.2, -0.15) is 0 Å². The fraction of sp³-hybridized carbons (Fsp3) is 0.615. The van der Waals surface area contributed by atoms with E-state index in [2.05, 4.69) is 42.5 Å². The largest absolute Gasteiger partial charge is 0.462 e. The second-order valence-corrected chi connectivity index (χ2v) is 26.9. The van der Waals surface area contributed by atoms with Crippen LogP contribution >= 0.6 is 43.5 Å². The quantitative estimate of drug-likeness (QED) is 0.0225. The molecular weight excluding hydrogens is 1300 g/mol. The number of urea groups is 1. The van der Waals surface area contributed by atoms with E-state index in [0.29, 0.717) is 52.6 Å². The molecule has 5 N–H and O–H groups in total. The third-order valence-corrected chi connectivity index (χ3v) is 19.2. The summed E-state index contributed by atoms with van der Waals surface area (Å²) in [6.07, 6.45) is 2.66. The van der Waals surface area contributed by atoms with Gasteiger partial charge in [0.2, 0.25) is 11.8 Å². The van der Waals surface area contributed by atoms with Crippen LogP contribution in [0.4, 0.5) is 14.9 Å². The van der Waals surface area contributed by atoms with Gasteiger partial charge in [-0.25, -0.2) is 14.0 Å². The van der Waals surface area contributed by atoms with Crippen LogP contribution in [0.3, 0.4) is 0 Å². The van der Waals surface area contributed by atoms with Crippen molar-refractivity contribution in [3.8, 4) is 0 Å². The van der Waals surface area contributed by atoms with Crippen molar-refractivity contribution in [2.24, 2.45) is 29.4 Å². The van der Waals surface area contributed by atoms with E-state index in [4.69, 9.17) is 41.0 Å². The number of nitrogens with two attached hydrogens (primary N) is 1. The van der Waals surface area contributed by atoms with Crippen molar-refractivity contribution >= 4 is 102 Å². The fourth-order valence-corrected chi connectivity index (χ4v) is 13.2. The van der Waals surface area contributed by atoms with Gasteiger partial charge in [0.1, 0.15) is 52.8 Å². The third kappa shape index (κ3) is 20.2. The summed E-state index contributed by atoms with van der Waals surface area (Å²) >= 11 is 13.5. The molecule has 492 valence electrons. The van der Waals surface area contributed by atoms with Gasteiger partial charge in [0.05, 0.1) is 47.2 Å². The lowest BCUT2D eigenvalue weighted by Gasteiger charge is -2.41. The van der Waals surface area contributed by atoms with E-state index in [1.165, 1.54) is 38.1 Å². The number of rotatable bonds is 26. The molecule has 24 heteroatoms. The maximum atomic E-state index is 16.2. The van der Waals surface area contributed by atoms with Gasteiger partial charge in [-0.3, -0.25) is 33.6 Å². The number of halogens is 4. The number of methoxy groups -OCH3 is 1. The molecule has 5 amide bonds. The number of aryl methyl sites for hydroxylation is 1. The zero-order valence-electron chi connectivity index (χ0n) is 53.1. The SMILES string of the molecule is CO[C@@H]1/C=C/C=C(\C)Cc2cc(C)c(Cl)c(c2)N(C)C(=O)C[C@H](OC(=O)[C@H](C)N(C)C(=O)c2ccc(CC(=O)[C@H](CCCNC(N)=O)NC(=O)[C@@H](CC(=O)CCCCC(C)(C)OC(=O)C(CBr)CBr)C(C)C)cc2F)[C@]2(C)O[C@H]2[C@H](C)[C@@H]2C[C@@]1(O)CC(=O)O2. The highest BCUT2D eigenvalue weighted by Gasteiger charge is 2.64. The van der Waals surface area contributed by atoms with Crippen LogP contribution in [0, 0.1) is 36.4 Å². The molecule has 3 heterocycles. The Labute approximate surface area is 543 Å². The number of Topliss-reactive ketones (excluding diaryl/α,β-unsaturated/α-hetero) is 2. The summed E-state index contributed by atoms with van der Waals surface area (Å²) in [5.41, 5.74) is 4.06. The van der Waals surface area contributed by atoms with Crippen molar-refractivity contribution in [2.45, 2.75) is 193 Å². The molecule has 5 rings (SSSR count). The molecule has 0 saturated carbocycles. The normalized spacial score (nSPS) is 24.2. The maximum absolute atomic E-state index is 16.2. The number of ether oxygens (including phenoxy) is 5. The highest BCUT2D eigenvalue weighted by Crippen LogP contribution is 2.50. The number of nitrogens with one attached hydrogen (secondary N) is 2. The van der Waals surface area contributed by atoms with Crippen LogP contribution < -0.4 is 21.3 Å². The molecule has 2 fully saturated rings. The summed E-state index contributed by atoms with van der Waals surface area (Å²) in [6, 6.07) is 3.98. The van der Waals surface area contributed by atoms with Crippen LogP contribution in [-0.2, 0) is 70.1 Å². The zero-order chi connectivity index (χ0) is 66.5. The Balaban J connectivity index is 1.31. The number of anilines is 1. The number of hydrogen-bond donors (Lipinski definition) is 4. The Kier molecular flexibility index (Phi) is 27.2. The number of nitrogens with zero attached hydrogens (tertiary/aromatic N) is 2. The first kappa shape index (κ1) is 74.1.